The zero-order chi connectivity index (χ0) is 17.1. The van der Waals surface area contributed by atoms with E-state index in [4.69, 9.17) is 11.6 Å². The van der Waals surface area contributed by atoms with Gasteiger partial charge in [-0.15, -0.1) is 0 Å². The zero-order valence-electron chi connectivity index (χ0n) is 13.3. The van der Waals surface area contributed by atoms with Crippen LogP contribution in [0.5, 0.6) is 0 Å². The molecule has 4 rings (SSSR count). The third-order valence-electron chi connectivity index (χ3n) is 4.00. The number of nitrogens with one attached hydrogen (secondary N) is 1. The number of benzene rings is 2. The van der Waals surface area contributed by atoms with E-state index in [1.807, 2.05) is 72.8 Å². The lowest BCUT2D eigenvalue weighted by molar-refractivity contribution is 0.752. The fourth-order valence-electron chi connectivity index (χ4n) is 2.81. The maximum atomic E-state index is 7.13. The quantitative estimate of drug-likeness (QED) is 0.434. The third-order valence-corrected chi connectivity index (χ3v) is 4.47. The topological polar surface area (TPSA) is 50.7 Å². The molecule has 1 atom stereocenters. The summed E-state index contributed by atoms with van der Waals surface area (Å²) >= 11 is 7.13. The molecule has 0 fully saturated rings. The van der Waals surface area contributed by atoms with Crippen LogP contribution in [0.4, 0.5) is 5.69 Å². The Hall–Kier alpha value is -2.98. The first-order valence-electron chi connectivity index (χ1n) is 7.92. The SMILES string of the molecule is ClC(Nc1ccccc1)(c1ccccn1)c1nncc2ccccc12. The molecule has 25 heavy (non-hydrogen) atoms. The minimum Gasteiger partial charge on any atom is -0.357 e. The molecule has 2 aromatic carbocycles. The van der Waals surface area contributed by atoms with Crippen molar-refractivity contribution in [3.8, 4) is 0 Å². The average Bonchev–Trinajstić information content (AvgIpc) is 2.69. The van der Waals surface area contributed by atoms with Gasteiger partial charge < -0.3 is 5.32 Å². The Bertz CT molecular complexity index is 987. The van der Waals surface area contributed by atoms with Crippen molar-refractivity contribution in [2.75, 3.05) is 5.32 Å². The first kappa shape index (κ1) is 15.5. The molecule has 0 aliphatic carbocycles. The highest BCUT2D eigenvalue weighted by Crippen LogP contribution is 2.38. The number of hydrogen-bond acceptors (Lipinski definition) is 4. The molecular weight excluding hydrogens is 332 g/mol. The summed E-state index contributed by atoms with van der Waals surface area (Å²) in [4.78, 5) is 3.33. The highest BCUT2D eigenvalue weighted by atomic mass is 35.5. The van der Waals surface area contributed by atoms with Gasteiger partial charge in [0.25, 0.3) is 0 Å². The van der Waals surface area contributed by atoms with Crippen molar-refractivity contribution in [3.05, 3.63) is 96.6 Å². The van der Waals surface area contributed by atoms with Crippen LogP contribution in [0.1, 0.15) is 11.4 Å². The summed E-state index contributed by atoms with van der Waals surface area (Å²) in [6.45, 7) is 0. The monoisotopic (exact) mass is 346 g/mol. The van der Waals surface area contributed by atoms with Crippen LogP contribution in [0.3, 0.4) is 0 Å². The van der Waals surface area contributed by atoms with Crippen molar-refractivity contribution in [2.24, 2.45) is 0 Å². The summed E-state index contributed by atoms with van der Waals surface area (Å²) in [6, 6.07) is 23.3. The molecule has 1 unspecified atom stereocenters. The molecule has 0 aliphatic rings. The molecule has 0 aliphatic heterocycles. The van der Waals surface area contributed by atoms with E-state index in [1.165, 1.54) is 0 Å². The summed E-state index contributed by atoms with van der Waals surface area (Å²) < 4.78 is 0. The summed E-state index contributed by atoms with van der Waals surface area (Å²) in [5.41, 5.74) is 2.15. The first-order valence-corrected chi connectivity index (χ1v) is 8.30. The summed E-state index contributed by atoms with van der Waals surface area (Å²) in [5.74, 6) is 0. The number of alkyl halides is 1. The number of anilines is 1. The smallest absolute Gasteiger partial charge is 0.200 e. The minimum absolute atomic E-state index is 0.620. The van der Waals surface area contributed by atoms with Crippen LogP contribution in [0.2, 0.25) is 0 Å². The van der Waals surface area contributed by atoms with Gasteiger partial charge in [-0.25, -0.2) is 0 Å². The molecule has 0 bridgehead atoms. The number of rotatable bonds is 4. The van der Waals surface area contributed by atoms with Gasteiger partial charge in [0.05, 0.1) is 11.9 Å². The lowest BCUT2D eigenvalue weighted by atomic mass is 10.0. The summed E-state index contributed by atoms with van der Waals surface area (Å²) in [5, 5.41) is 13.8. The molecule has 0 saturated carbocycles. The van der Waals surface area contributed by atoms with E-state index in [0.717, 1.165) is 16.5 Å². The maximum absolute atomic E-state index is 7.13. The fraction of sp³-hybridized carbons (Fsp3) is 0.0500. The number of hydrogen-bond donors (Lipinski definition) is 1. The van der Waals surface area contributed by atoms with E-state index < -0.39 is 5.00 Å². The molecule has 0 radical (unpaired) electrons. The Morgan fingerprint density at radius 2 is 1.60 bits per heavy atom. The highest BCUT2D eigenvalue weighted by molar-refractivity contribution is 6.27. The van der Waals surface area contributed by atoms with Crippen LogP contribution in [-0.4, -0.2) is 15.2 Å². The standard InChI is InChI=1S/C20H15ClN4/c21-20(18-12-6-7-13-22-18,24-16-9-2-1-3-10-16)19-17-11-5-4-8-15(17)14-23-25-19/h1-14,24H. The lowest BCUT2D eigenvalue weighted by Crippen LogP contribution is -2.33. The fourth-order valence-corrected chi connectivity index (χ4v) is 3.17. The van der Waals surface area contributed by atoms with Crippen molar-refractivity contribution < 1.29 is 0 Å². The maximum Gasteiger partial charge on any atom is 0.200 e. The number of halogens is 1. The normalized spacial score (nSPS) is 13.3. The molecule has 4 aromatic rings. The van der Waals surface area contributed by atoms with E-state index >= 15 is 0 Å². The highest BCUT2D eigenvalue weighted by Gasteiger charge is 2.37. The number of nitrogens with zero attached hydrogens (tertiary/aromatic N) is 3. The van der Waals surface area contributed by atoms with Crippen molar-refractivity contribution in [1.29, 1.82) is 0 Å². The lowest BCUT2D eigenvalue weighted by Gasteiger charge is -2.29. The van der Waals surface area contributed by atoms with E-state index in [0.29, 0.717) is 11.4 Å². The number of fused-ring (bicyclic) bond motifs is 1. The second-order valence-electron chi connectivity index (χ2n) is 5.64. The molecular formula is C20H15ClN4. The van der Waals surface area contributed by atoms with Gasteiger partial charge in [-0.1, -0.05) is 60.1 Å². The molecule has 0 saturated heterocycles. The molecule has 0 amide bonds. The molecule has 2 aromatic heterocycles. The molecule has 122 valence electrons. The van der Waals surface area contributed by atoms with Gasteiger partial charge in [0.2, 0.25) is 5.00 Å². The van der Waals surface area contributed by atoms with E-state index in [1.54, 1.807) is 12.4 Å². The van der Waals surface area contributed by atoms with Crippen molar-refractivity contribution in [2.45, 2.75) is 5.00 Å². The van der Waals surface area contributed by atoms with Gasteiger partial charge in [-0.05, 0) is 24.3 Å². The predicted molar refractivity (Wildman–Crippen MR) is 100 cm³/mol. The van der Waals surface area contributed by atoms with E-state index in [9.17, 15) is 0 Å². The Labute approximate surface area is 150 Å². The number of aromatic nitrogens is 3. The van der Waals surface area contributed by atoms with Gasteiger partial charge in [-0.2, -0.15) is 10.2 Å². The Balaban J connectivity index is 1.94. The van der Waals surface area contributed by atoms with Crippen LogP contribution >= 0.6 is 11.6 Å². The first-order chi connectivity index (χ1) is 12.3. The molecule has 0 spiro atoms. The third kappa shape index (κ3) is 2.92. The van der Waals surface area contributed by atoms with Gasteiger partial charge >= 0.3 is 0 Å². The predicted octanol–water partition coefficient (Wildman–Crippen LogP) is 4.58. The van der Waals surface area contributed by atoms with Crippen LogP contribution in [0.25, 0.3) is 10.8 Å². The van der Waals surface area contributed by atoms with E-state index in [-0.39, 0.29) is 0 Å². The minimum atomic E-state index is -1.14. The van der Waals surface area contributed by atoms with E-state index in [2.05, 4.69) is 20.5 Å². The molecule has 2 heterocycles. The average molecular weight is 347 g/mol. The summed E-state index contributed by atoms with van der Waals surface area (Å²) in [7, 11) is 0. The van der Waals surface area contributed by atoms with Crippen molar-refractivity contribution in [3.63, 3.8) is 0 Å². The van der Waals surface area contributed by atoms with Gasteiger partial charge in [0, 0.05) is 22.7 Å². The van der Waals surface area contributed by atoms with Crippen LogP contribution in [0, 0.1) is 0 Å². The molecule has 5 heteroatoms. The Morgan fingerprint density at radius 1 is 0.840 bits per heavy atom. The largest absolute Gasteiger partial charge is 0.357 e. The number of pyridine rings is 1. The van der Waals surface area contributed by atoms with Crippen molar-refractivity contribution in [1.82, 2.24) is 15.2 Å². The van der Waals surface area contributed by atoms with Crippen LogP contribution < -0.4 is 5.32 Å². The van der Waals surface area contributed by atoms with Crippen molar-refractivity contribution >= 4 is 28.1 Å². The van der Waals surface area contributed by atoms with Gasteiger partial charge in [-0.3, -0.25) is 4.98 Å². The molecule has 4 nitrogen and oxygen atoms in total. The molecule has 1 N–H and O–H groups in total. The van der Waals surface area contributed by atoms with Crippen LogP contribution in [-0.2, 0) is 5.00 Å². The number of para-hydroxylation sites is 1. The van der Waals surface area contributed by atoms with Crippen LogP contribution in [0.15, 0.2) is 85.2 Å². The second kappa shape index (κ2) is 6.49. The van der Waals surface area contributed by atoms with Gasteiger partial charge in [0.1, 0.15) is 5.69 Å². The Morgan fingerprint density at radius 3 is 2.40 bits per heavy atom. The second-order valence-corrected chi connectivity index (χ2v) is 6.21. The Kier molecular flexibility index (Phi) is 4.04. The van der Waals surface area contributed by atoms with Gasteiger partial charge in [0.15, 0.2) is 0 Å². The zero-order valence-corrected chi connectivity index (χ0v) is 14.1. The summed E-state index contributed by atoms with van der Waals surface area (Å²) in [6.07, 6.45) is 3.45.